The zero-order chi connectivity index (χ0) is 20.8. The molecule has 0 aliphatic heterocycles. The van der Waals surface area contributed by atoms with Crippen LogP contribution in [0.3, 0.4) is 0 Å². The van der Waals surface area contributed by atoms with Crippen molar-refractivity contribution in [1.82, 2.24) is 0 Å². The van der Waals surface area contributed by atoms with Gasteiger partial charge in [0.2, 0.25) is 0 Å². The highest BCUT2D eigenvalue weighted by Crippen LogP contribution is 2.55. The first kappa shape index (κ1) is 23.1. The van der Waals surface area contributed by atoms with E-state index in [-0.39, 0.29) is 10.8 Å². The van der Waals surface area contributed by atoms with E-state index in [1.165, 1.54) is 17.7 Å². The molecule has 4 unspecified atom stereocenters. The molecule has 1 heteroatoms. The van der Waals surface area contributed by atoms with Crippen LogP contribution in [0.15, 0.2) is 71.2 Å². The van der Waals surface area contributed by atoms with Crippen LogP contribution in [0, 0.1) is 28.6 Å². The zero-order valence-electron chi connectivity index (χ0n) is 18.8. The highest BCUT2D eigenvalue weighted by atomic mass is 32.1. The van der Waals surface area contributed by atoms with Gasteiger partial charge in [-0.1, -0.05) is 100 Å². The van der Waals surface area contributed by atoms with Crippen molar-refractivity contribution in [1.29, 1.82) is 0 Å². The van der Waals surface area contributed by atoms with Gasteiger partial charge in [0.15, 0.2) is 0 Å². The van der Waals surface area contributed by atoms with Crippen LogP contribution < -0.4 is 0 Å². The molecule has 28 heavy (non-hydrogen) atoms. The Morgan fingerprint density at radius 2 is 1.79 bits per heavy atom. The van der Waals surface area contributed by atoms with Crippen LogP contribution in [-0.2, 0) is 0 Å². The SMILES string of the molecule is CC=CC(C)(C1CC(S)=CC=C1CC1C=CC=CC1/C=C\C)C(C)(C)CCC. The van der Waals surface area contributed by atoms with Crippen molar-refractivity contribution >= 4 is 12.6 Å². The topological polar surface area (TPSA) is 0 Å². The van der Waals surface area contributed by atoms with Gasteiger partial charge in [0.1, 0.15) is 0 Å². The van der Waals surface area contributed by atoms with Gasteiger partial charge in [-0.15, -0.1) is 12.6 Å². The van der Waals surface area contributed by atoms with E-state index in [0.29, 0.717) is 17.8 Å². The van der Waals surface area contributed by atoms with Crippen molar-refractivity contribution in [3.63, 3.8) is 0 Å². The first-order valence-electron chi connectivity index (χ1n) is 11.0. The molecular weight excluding hydrogens is 356 g/mol. The fraction of sp³-hybridized carbons (Fsp3) is 0.556. The zero-order valence-corrected chi connectivity index (χ0v) is 19.7. The highest BCUT2D eigenvalue weighted by molar-refractivity contribution is 7.84. The Hall–Kier alpha value is -1.21. The monoisotopic (exact) mass is 396 g/mol. The molecule has 0 saturated heterocycles. The first-order chi connectivity index (χ1) is 13.3. The number of thiol groups is 1. The van der Waals surface area contributed by atoms with Gasteiger partial charge in [0.25, 0.3) is 0 Å². The van der Waals surface area contributed by atoms with Crippen molar-refractivity contribution < 1.29 is 0 Å². The number of rotatable bonds is 8. The lowest BCUT2D eigenvalue weighted by Gasteiger charge is -2.50. The minimum atomic E-state index is 0.107. The van der Waals surface area contributed by atoms with Crippen LogP contribution >= 0.6 is 12.6 Å². The maximum atomic E-state index is 4.78. The minimum absolute atomic E-state index is 0.107. The standard InChI is InChI=1S/C27H40S/c1-7-12-21-13-10-11-14-22(21)19-23-15-16-24(28)20-25(23)27(6,18-9-3)26(4,5)17-8-2/h7,9-16,18,21-22,25,28H,8,17,19-20H2,1-6H3/b12-7-,18-9?. The molecule has 0 heterocycles. The summed E-state index contributed by atoms with van der Waals surface area (Å²) in [6, 6.07) is 0. The summed E-state index contributed by atoms with van der Waals surface area (Å²) in [5, 5.41) is 0. The van der Waals surface area contributed by atoms with E-state index in [4.69, 9.17) is 12.6 Å². The van der Waals surface area contributed by atoms with Crippen molar-refractivity contribution in [3.05, 3.63) is 71.2 Å². The van der Waals surface area contributed by atoms with E-state index in [1.807, 2.05) is 0 Å². The molecule has 0 aromatic rings. The Balaban J connectivity index is 2.41. The second kappa shape index (κ2) is 10.0. The predicted octanol–water partition coefficient (Wildman–Crippen LogP) is 8.48. The van der Waals surface area contributed by atoms with Gasteiger partial charge >= 0.3 is 0 Å². The van der Waals surface area contributed by atoms with E-state index in [9.17, 15) is 0 Å². The average Bonchev–Trinajstić information content (AvgIpc) is 2.65. The first-order valence-corrected chi connectivity index (χ1v) is 11.4. The molecular formula is C27H40S. The Kier molecular flexibility index (Phi) is 8.25. The van der Waals surface area contributed by atoms with Crippen LogP contribution in [0.2, 0.25) is 0 Å². The summed E-state index contributed by atoms with van der Waals surface area (Å²) in [5.74, 6) is 1.52. The van der Waals surface area contributed by atoms with Gasteiger partial charge in [-0.05, 0) is 60.7 Å². The molecule has 0 nitrogen and oxygen atoms in total. The van der Waals surface area contributed by atoms with E-state index in [0.717, 1.165) is 12.8 Å². The quantitative estimate of drug-likeness (QED) is 0.308. The van der Waals surface area contributed by atoms with E-state index in [2.05, 4.69) is 102 Å². The molecule has 2 aliphatic rings. The highest BCUT2D eigenvalue weighted by Gasteiger charge is 2.46. The van der Waals surface area contributed by atoms with Crippen LogP contribution in [0.25, 0.3) is 0 Å². The second-order valence-electron chi connectivity index (χ2n) is 9.31. The summed E-state index contributed by atoms with van der Waals surface area (Å²) in [6.07, 6.45) is 27.6. The Morgan fingerprint density at radius 1 is 1.07 bits per heavy atom. The largest absolute Gasteiger partial charge is 0.148 e. The van der Waals surface area contributed by atoms with Crippen LogP contribution in [0.5, 0.6) is 0 Å². The lowest BCUT2D eigenvalue weighted by Crippen LogP contribution is -2.42. The van der Waals surface area contributed by atoms with Gasteiger partial charge in [-0.2, -0.15) is 0 Å². The molecule has 0 fully saturated rings. The third-order valence-corrected chi connectivity index (χ3v) is 7.44. The normalized spacial score (nSPS) is 27.9. The maximum absolute atomic E-state index is 4.78. The summed E-state index contributed by atoms with van der Waals surface area (Å²) in [4.78, 5) is 1.21. The molecule has 0 radical (unpaired) electrons. The van der Waals surface area contributed by atoms with Gasteiger partial charge in [-0.25, -0.2) is 0 Å². The number of hydrogen-bond acceptors (Lipinski definition) is 1. The summed E-state index contributed by atoms with van der Waals surface area (Å²) >= 11 is 4.78. The molecule has 154 valence electrons. The van der Waals surface area contributed by atoms with E-state index >= 15 is 0 Å². The number of hydrogen-bond donors (Lipinski definition) is 1. The average molecular weight is 397 g/mol. The van der Waals surface area contributed by atoms with Gasteiger partial charge in [0, 0.05) is 5.92 Å². The maximum Gasteiger partial charge on any atom is 0.00156 e. The minimum Gasteiger partial charge on any atom is -0.148 e. The Morgan fingerprint density at radius 3 is 2.43 bits per heavy atom. The van der Waals surface area contributed by atoms with Crippen molar-refractivity contribution in [2.75, 3.05) is 0 Å². The summed E-state index contributed by atoms with van der Waals surface area (Å²) in [6.45, 7) is 14.0. The molecule has 0 bridgehead atoms. The molecule has 0 saturated carbocycles. The van der Waals surface area contributed by atoms with Gasteiger partial charge in [-0.3, -0.25) is 0 Å². The summed E-state index contributed by atoms with van der Waals surface area (Å²) < 4.78 is 0. The molecule has 0 N–H and O–H groups in total. The molecule has 2 rings (SSSR count). The van der Waals surface area contributed by atoms with Crippen LogP contribution in [0.1, 0.15) is 67.2 Å². The smallest absolute Gasteiger partial charge is 0.00156 e. The summed E-state index contributed by atoms with van der Waals surface area (Å²) in [7, 11) is 0. The van der Waals surface area contributed by atoms with E-state index < -0.39 is 0 Å². The molecule has 0 aromatic heterocycles. The van der Waals surface area contributed by atoms with Crippen molar-refractivity contribution in [3.8, 4) is 0 Å². The molecule has 0 aromatic carbocycles. The van der Waals surface area contributed by atoms with Gasteiger partial charge < -0.3 is 0 Å². The van der Waals surface area contributed by atoms with Crippen molar-refractivity contribution in [2.45, 2.75) is 67.2 Å². The fourth-order valence-corrected chi connectivity index (χ4v) is 5.42. The molecule has 4 atom stereocenters. The molecule has 0 amide bonds. The van der Waals surface area contributed by atoms with Gasteiger partial charge in [0.05, 0.1) is 0 Å². The van der Waals surface area contributed by atoms with Crippen molar-refractivity contribution in [2.24, 2.45) is 28.6 Å². The lowest BCUT2D eigenvalue weighted by atomic mass is 9.54. The predicted molar refractivity (Wildman–Crippen MR) is 130 cm³/mol. The van der Waals surface area contributed by atoms with E-state index in [1.54, 1.807) is 5.57 Å². The van der Waals surface area contributed by atoms with Crippen LogP contribution in [-0.4, -0.2) is 0 Å². The Labute approximate surface area is 179 Å². The fourth-order valence-electron chi connectivity index (χ4n) is 5.16. The Bertz CT molecular complexity index is 698. The lowest BCUT2D eigenvalue weighted by molar-refractivity contribution is 0.0749. The third kappa shape index (κ3) is 5.03. The molecule has 0 spiro atoms. The van der Waals surface area contributed by atoms with Crippen LogP contribution in [0.4, 0.5) is 0 Å². The third-order valence-electron chi connectivity index (χ3n) is 7.10. The molecule has 2 aliphatic carbocycles. The number of allylic oxidation sites excluding steroid dienone is 12. The second-order valence-corrected chi connectivity index (χ2v) is 9.89. The summed E-state index contributed by atoms with van der Waals surface area (Å²) in [5.41, 5.74) is 1.92.